The summed E-state index contributed by atoms with van der Waals surface area (Å²) in [4.78, 5) is 11.2. The van der Waals surface area contributed by atoms with Gasteiger partial charge < -0.3 is 9.64 Å². The smallest absolute Gasteiger partial charge is 0.225 e. The van der Waals surface area contributed by atoms with E-state index in [9.17, 15) is 0 Å². The first kappa shape index (κ1) is 15.4. The van der Waals surface area contributed by atoms with Gasteiger partial charge in [0.2, 0.25) is 5.95 Å². The van der Waals surface area contributed by atoms with Crippen molar-refractivity contribution in [3.8, 4) is 17.0 Å². The minimum absolute atomic E-state index is 0.554. The lowest BCUT2D eigenvalue weighted by Gasteiger charge is -2.17. The molecule has 0 unspecified atom stereocenters. The van der Waals surface area contributed by atoms with Crippen LogP contribution in [0.25, 0.3) is 11.3 Å². The highest BCUT2D eigenvalue weighted by atomic mass is 35.5. The van der Waals surface area contributed by atoms with Gasteiger partial charge >= 0.3 is 0 Å². The third-order valence-electron chi connectivity index (χ3n) is 3.80. The molecule has 0 spiro atoms. The van der Waals surface area contributed by atoms with Crippen LogP contribution < -0.4 is 9.64 Å². The molecule has 0 fully saturated rings. The lowest BCUT2D eigenvalue weighted by atomic mass is 10.0. The van der Waals surface area contributed by atoms with Crippen molar-refractivity contribution in [2.24, 2.45) is 0 Å². The maximum atomic E-state index is 6.45. The summed E-state index contributed by atoms with van der Waals surface area (Å²) in [5.41, 5.74) is 3.64. The molecule has 0 saturated carbocycles. The third-order valence-corrected chi connectivity index (χ3v) is 4.38. The van der Waals surface area contributed by atoms with Gasteiger partial charge in [-0.15, -0.1) is 0 Å². The van der Waals surface area contributed by atoms with E-state index >= 15 is 0 Å². The standard InChI is InChI=1S/C16H17Cl2N3O/c1-4-21(3)16-19-9(2)7-13(20-16)14-10-5-6-22-15(10)12(18)8-11(14)17/h7-8H,4-6H2,1-3H3. The normalized spacial score (nSPS) is 13.0. The van der Waals surface area contributed by atoms with Gasteiger partial charge in [0.25, 0.3) is 0 Å². The predicted octanol–water partition coefficient (Wildman–Crippen LogP) is 4.15. The molecule has 116 valence electrons. The second kappa shape index (κ2) is 5.94. The molecule has 1 aromatic carbocycles. The van der Waals surface area contributed by atoms with E-state index in [1.807, 2.05) is 24.9 Å². The van der Waals surface area contributed by atoms with Crippen molar-refractivity contribution in [2.45, 2.75) is 20.3 Å². The van der Waals surface area contributed by atoms with E-state index in [4.69, 9.17) is 27.9 Å². The maximum absolute atomic E-state index is 6.45. The molecular formula is C16H17Cl2N3O. The van der Waals surface area contributed by atoms with Crippen LogP contribution in [-0.4, -0.2) is 30.2 Å². The molecule has 2 aromatic rings. The maximum Gasteiger partial charge on any atom is 0.225 e. The number of nitrogens with zero attached hydrogens (tertiary/aromatic N) is 3. The zero-order chi connectivity index (χ0) is 15.9. The summed E-state index contributed by atoms with van der Waals surface area (Å²) in [5, 5.41) is 1.15. The summed E-state index contributed by atoms with van der Waals surface area (Å²) in [6.07, 6.45) is 0.785. The zero-order valence-corrected chi connectivity index (χ0v) is 14.3. The van der Waals surface area contributed by atoms with Crippen molar-refractivity contribution in [3.63, 3.8) is 0 Å². The van der Waals surface area contributed by atoms with Crippen LogP contribution in [0.15, 0.2) is 12.1 Å². The molecule has 0 aliphatic carbocycles. The summed E-state index contributed by atoms with van der Waals surface area (Å²) in [5.74, 6) is 1.42. The summed E-state index contributed by atoms with van der Waals surface area (Å²) in [6, 6.07) is 3.67. The number of anilines is 1. The molecule has 1 aliphatic heterocycles. The van der Waals surface area contributed by atoms with Gasteiger partial charge in [0.05, 0.1) is 22.3 Å². The molecule has 1 aromatic heterocycles. The molecule has 6 heteroatoms. The second-order valence-electron chi connectivity index (χ2n) is 5.33. The van der Waals surface area contributed by atoms with Gasteiger partial charge in [-0.1, -0.05) is 23.2 Å². The Labute approximate surface area is 140 Å². The fraction of sp³-hybridized carbons (Fsp3) is 0.375. The van der Waals surface area contributed by atoms with Crippen LogP contribution in [0.1, 0.15) is 18.2 Å². The van der Waals surface area contributed by atoms with E-state index in [0.29, 0.717) is 22.6 Å². The zero-order valence-electron chi connectivity index (χ0n) is 12.8. The van der Waals surface area contributed by atoms with Crippen LogP contribution in [0.3, 0.4) is 0 Å². The molecule has 22 heavy (non-hydrogen) atoms. The van der Waals surface area contributed by atoms with E-state index in [-0.39, 0.29) is 0 Å². The van der Waals surface area contributed by atoms with Crippen molar-refractivity contribution < 1.29 is 4.74 Å². The Morgan fingerprint density at radius 3 is 2.73 bits per heavy atom. The molecular weight excluding hydrogens is 321 g/mol. The average molecular weight is 338 g/mol. The minimum Gasteiger partial charge on any atom is -0.491 e. The van der Waals surface area contributed by atoms with E-state index in [2.05, 4.69) is 16.9 Å². The number of rotatable bonds is 3. The molecule has 0 atom stereocenters. The van der Waals surface area contributed by atoms with Crippen molar-refractivity contribution in [1.82, 2.24) is 9.97 Å². The molecule has 0 radical (unpaired) electrons. The van der Waals surface area contributed by atoms with Gasteiger partial charge in [-0.2, -0.15) is 0 Å². The first-order chi connectivity index (χ1) is 10.5. The summed E-state index contributed by atoms with van der Waals surface area (Å²) >= 11 is 12.7. The Morgan fingerprint density at radius 2 is 2.00 bits per heavy atom. The fourth-order valence-corrected chi connectivity index (χ4v) is 3.22. The Balaban J connectivity index is 2.20. The first-order valence-electron chi connectivity index (χ1n) is 7.22. The van der Waals surface area contributed by atoms with Gasteiger partial charge in [0.1, 0.15) is 5.75 Å². The first-order valence-corrected chi connectivity index (χ1v) is 7.97. The fourth-order valence-electron chi connectivity index (χ4n) is 2.57. The SMILES string of the molecule is CCN(C)c1nc(C)cc(-c2c(Cl)cc(Cl)c3c2CCO3)n1. The number of halogens is 2. The highest BCUT2D eigenvalue weighted by molar-refractivity contribution is 6.37. The van der Waals surface area contributed by atoms with Gasteiger partial charge in [0, 0.05) is 36.8 Å². The van der Waals surface area contributed by atoms with Crippen LogP contribution in [-0.2, 0) is 6.42 Å². The van der Waals surface area contributed by atoms with Crippen LogP contribution in [0.4, 0.5) is 5.95 Å². The Morgan fingerprint density at radius 1 is 1.23 bits per heavy atom. The molecule has 0 bridgehead atoms. The van der Waals surface area contributed by atoms with Gasteiger partial charge in [-0.3, -0.25) is 0 Å². The third kappa shape index (κ3) is 2.61. The summed E-state index contributed by atoms with van der Waals surface area (Å²) in [7, 11) is 1.97. The highest BCUT2D eigenvalue weighted by Crippen LogP contribution is 2.44. The molecule has 0 amide bonds. The number of benzene rings is 1. The number of ether oxygens (including phenoxy) is 1. The number of aromatic nitrogens is 2. The molecule has 3 rings (SSSR count). The molecule has 1 aliphatic rings. The van der Waals surface area contributed by atoms with Crippen LogP contribution in [0, 0.1) is 6.92 Å². The Kier molecular flexibility index (Phi) is 4.15. The van der Waals surface area contributed by atoms with E-state index in [1.54, 1.807) is 6.07 Å². The lowest BCUT2D eigenvalue weighted by molar-refractivity contribution is 0.357. The minimum atomic E-state index is 0.554. The van der Waals surface area contributed by atoms with Gasteiger partial charge in [-0.05, 0) is 26.0 Å². The predicted molar refractivity (Wildman–Crippen MR) is 90.4 cm³/mol. The van der Waals surface area contributed by atoms with Crippen molar-refractivity contribution in [1.29, 1.82) is 0 Å². The number of aryl methyl sites for hydroxylation is 1. The summed E-state index contributed by atoms with van der Waals surface area (Å²) < 4.78 is 5.63. The average Bonchev–Trinajstić information content (AvgIpc) is 2.95. The van der Waals surface area contributed by atoms with Crippen molar-refractivity contribution >= 4 is 29.2 Å². The highest BCUT2D eigenvalue weighted by Gasteiger charge is 2.24. The Bertz CT molecular complexity index is 734. The van der Waals surface area contributed by atoms with Crippen LogP contribution >= 0.6 is 23.2 Å². The van der Waals surface area contributed by atoms with E-state index in [0.717, 1.165) is 41.2 Å². The van der Waals surface area contributed by atoms with Gasteiger partial charge in [-0.25, -0.2) is 9.97 Å². The number of hydrogen-bond donors (Lipinski definition) is 0. The van der Waals surface area contributed by atoms with E-state index < -0.39 is 0 Å². The van der Waals surface area contributed by atoms with Crippen LogP contribution in [0.5, 0.6) is 5.75 Å². The number of hydrogen-bond acceptors (Lipinski definition) is 4. The lowest BCUT2D eigenvalue weighted by Crippen LogP contribution is -2.19. The summed E-state index contributed by atoms with van der Waals surface area (Å²) in [6.45, 7) is 5.47. The second-order valence-corrected chi connectivity index (χ2v) is 6.14. The number of fused-ring (bicyclic) bond motifs is 1. The van der Waals surface area contributed by atoms with E-state index in [1.165, 1.54) is 0 Å². The largest absolute Gasteiger partial charge is 0.491 e. The Hall–Kier alpha value is -1.52. The van der Waals surface area contributed by atoms with Crippen molar-refractivity contribution in [3.05, 3.63) is 33.4 Å². The van der Waals surface area contributed by atoms with Crippen LogP contribution in [0.2, 0.25) is 10.0 Å². The molecule has 4 nitrogen and oxygen atoms in total. The molecule has 2 heterocycles. The molecule has 0 saturated heterocycles. The monoisotopic (exact) mass is 337 g/mol. The molecule has 0 N–H and O–H groups in total. The topological polar surface area (TPSA) is 38.2 Å². The van der Waals surface area contributed by atoms with Crippen molar-refractivity contribution in [2.75, 3.05) is 25.1 Å². The quantitative estimate of drug-likeness (QED) is 0.843. The van der Waals surface area contributed by atoms with Gasteiger partial charge in [0.15, 0.2) is 0 Å².